The van der Waals surface area contributed by atoms with Crippen molar-refractivity contribution in [1.82, 2.24) is 15.2 Å². The number of hydrogen-bond acceptors (Lipinski definition) is 4. The summed E-state index contributed by atoms with van der Waals surface area (Å²) in [5.74, 6) is -0.000926. The summed E-state index contributed by atoms with van der Waals surface area (Å²) in [5, 5.41) is 3.51. The summed E-state index contributed by atoms with van der Waals surface area (Å²) >= 11 is 7.09. The van der Waals surface area contributed by atoms with E-state index >= 15 is 0 Å². The topological polar surface area (TPSA) is 45.2 Å². The molecule has 1 aromatic heterocycles. The molecule has 0 saturated carbocycles. The average molecular weight is 268 g/mol. The Hall–Kier alpha value is -0.360. The van der Waals surface area contributed by atoms with Crippen molar-refractivity contribution in [2.75, 3.05) is 26.2 Å². The molecule has 1 amide bonds. The number of aromatic nitrogens is 1. The van der Waals surface area contributed by atoms with Crippen LogP contribution in [0.25, 0.3) is 0 Å². The molecule has 4 nitrogen and oxygen atoms in total. The molecule has 1 fully saturated rings. The van der Waals surface area contributed by atoms with Gasteiger partial charge in [0.05, 0.1) is 5.51 Å². The number of nitrogens with zero attached hydrogens (tertiary/aromatic N) is 2. The molecule has 0 aliphatic carbocycles. The van der Waals surface area contributed by atoms with Crippen LogP contribution in [0.2, 0.25) is 5.15 Å². The lowest BCUT2D eigenvalue weighted by molar-refractivity contribution is 0.0740. The third kappa shape index (κ3) is 2.81. The van der Waals surface area contributed by atoms with Gasteiger partial charge >= 0.3 is 0 Å². The molecular formula is C8H11Cl2N3OS. The predicted octanol–water partition coefficient (Wildman–Crippen LogP) is 1.26. The molecule has 0 bridgehead atoms. The van der Waals surface area contributed by atoms with Crippen LogP contribution in [0.5, 0.6) is 0 Å². The Morgan fingerprint density at radius 3 is 2.73 bits per heavy atom. The zero-order valence-corrected chi connectivity index (χ0v) is 10.3. The van der Waals surface area contributed by atoms with Gasteiger partial charge in [-0.15, -0.1) is 23.7 Å². The SMILES string of the molecule is Cl.O=C(c1scnc1Cl)N1CCNCC1. The largest absolute Gasteiger partial charge is 0.335 e. The molecule has 0 radical (unpaired) electrons. The molecular weight excluding hydrogens is 257 g/mol. The van der Waals surface area contributed by atoms with E-state index in [0.717, 1.165) is 26.2 Å². The van der Waals surface area contributed by atoms with Crippen LogP contribution in [0.4, 0.5) is 0 Å². The predicted molar refractivity (Wildman–Crippen MR) is 63.1 cm³/mol. The normalized spacial score (nSPS) is 15.9. The number of piperazine rings is 1. The lowest BCUT2D eigenvalue weighted by atomic mass is 10.3. The zero-order valence-electron chi connectivity index (χ0n) is 7.90. The summed E-state index contributed by atoms with van der Waals surface area (Å²) in [5.41, 5.74) is 1.60. The number of nitrogens with one attached hydrogen (secondary N) is 1. The Morgan fingerprint density at radius 1 is 1.53 bits per heavy atom. The van der Waals surface area contributed by atoms with E-state index in [1.807, 2.05) is 0 Å². The van der Waals surface area contributed by atoms with E-state index in [1.165, 1.54) is 11.3 Å². The van der Waals surface area contributed by atoms with E-state index in [0.29, 0.717) is 10.0 Å². The molecule has 1 saturated heterocycles. The third-order valence-electron chi connectivity index (χ3n) is 2.12. The van der Waals surface area contributed by atoms with E-state index in [2.05, 4.69) is 10.3 Å². The molecule has 0 atom stereocenters. The lowest BCUT2D eigenvalue weighted by Crippen LogP contribution is -2.46. The monoisotopic (exact) mass is 267 g/mol. The van der Waals surface area contributed by atoms with Crippen molar-refractivity contribution in [1.29, 1.82) is 0 Å². The van der Waals surface area contributed by atoms with Crippen molar-refractivity contribution in [3.63, 3.8) is 0 Å². The Morgan fingerprint density at radius 2 is 2.20 bits per heavy atom. The van der Waals surface area contributed by atoms with Crippen LogP contribution in [-0.2, 0) is 0 Å². The second-order valence-electron chi connectivity index (χ2n) is 3.01. The minimum absolute atomic E-state index is 0. The van der Waals surface area contributed by atoms with Crippen LogP contribution in [0.15, 0.2) is 5.51 Å². The maximum Gasteiger partial charge on any atom is 0.267 e. The van der Waals surface area contributed by atoms with Gasteiger partial charge in [-0.25, -0.2) is 4.98 Å². The fraction of sp³-hybridized carbons (Fsp3) is 0.500. The van der Waals surface area contributed by atoms with Gasteiger partial charge in [0.25, 0.3) is 5.91 Å². The summed E-state index contributed by atoms with van der Waals surface area (Å²) in [7, 11) is 0. The van der Waals surface area contributed by atoms with E-state index in [4.69, 9.17) is 11.6 Å². The quantitative estimate of drug-likeness (QED) is 0.834. The third-order valence-corrected chi connectivity index (χ3v) is 3.34. The number of thiazole rings is 1. The van der Waals surface area contributed by atoms with Crippen LogP contribution in [0.3, 0.4) is 0 Å². The van der Waals surface area contributed by atoms with Crippen LogP contribution in [0, 0.1) is 0 Å². The van der Waals surface area contributed by atoms with Crippen molar-refractivity contribution in [2.24, 2.45) is 0 Å². The Labute approximate surface area is 103 Å². The summed E-state index contributed by atoms with van der Waals surface area (Å²) in [6.45, 7) is 3.18. The van der Waals surface area contributed by atoms with Crippen molar-refractivity contribution in [3.05, 3.63) is 15.5 Å². The molecule has 0 spiro atoms. The summed E-state index contributed by atoms with van der Waals surface area (Å²) in [6.07, 6.45) is 0. The number of amides is 1. The highest BCUT2D eigenvalue weighted by molar-refractivity contribution is 7.12. The maximum absolute atomic E-state index is 11.9. The molecule has 1 aliphatic heterocycles. The van der Waals surface area contributed by atoms with Gasteiger partial charge < -0.3 is 10.2 Å². The number of carbonyl (C=O) groups is 1. The first-order valence-corrected chi connectivity index (χ1v) is 5.64. The highest BCUT2D eigenvalue weighted by atomic mass is 35.5. The minimum Gasteiger partial charge on any atom is -0.335 e. The van der Waals surface area contributed by atoms with Gasteiger partial charge in [-0.1, -0.05) is 11.6 Å². The highest BCUT2D eigenvalue weighted by Gasteiger charge is 2.21. The molecule has 0 unspecified atom stereocenters. The number of rotatable bonds is 1. The fourth-order valence-electron chi connectivity index (χ4n) is 1.38. The van der Waals surface area contributed by atoms with E-state index in [1.54, 1.807) is 10.4 Å². The van der Waals surface area contributed by atoms with Gasteiger partial charge in [0.1, 0.15) is 4.88 Å². The Kier molecular flexibility index (Phi) is 4.79. The van der Waals surface area contributed by atoms with E-state index in [-0.39, 0.29) is 18.3 Å². The lowest BCUT2D eigenvalue weighted by Gasteiger charge is -2.26. The molecule has 0 aromatic carbocycles. The summed E-state index contributed by atoms with van der Waals surface area (Å²) in [6, 6.07) is 0. The molecule has 1 aromatic rings. The van der Waals surface area contributed by atoms with E-state index in [9.17, 15) is 4.79 Å². The second-order valence-corrected chi connectivity index (χ2v) is 4.23. The van der Waals surface area contributed by atoms with Crippen LogP contribution in [-0.4, -0.2) is 42.0 Å². The van der Waals surface area contributed by atoms with Crippen molar-refractivity contribution < 1.29 is 4.79 Å². The molecule has 15 heavy (non-hydrogen) atoms. The molecule has 1 aliphatic rings. The van der Waals surface area contributed by atoms with Crippen LogP contribution >= 0.6 is 35.3 Å². The first kappa shape index (κ1) is 12.7. The maximum atomic E-state index is 11.9. The number of carbonyl (C=O) groups excluding carboxylic acids is 1. The van der Waals surface area contributed by atoms with Crippen LogP contribution in [0.1, 0.15) is 9.67 Å². The highest BCUT2D eigenvalue weighted by Crippen LogP contribution is 2.20. The summed E-state index contributed by atoms with van der Waals surface area (Å²) in [4.78, 5) is 18.1. The van der Waals surface area contributed by atoms with Gasteiger partial charge in [0.15, 0.2) is 5.15 Å². The Bertz CT molecular complexity index is 338. The average Bonchev–Trinajstić information content (AvgIpc) is 2.65. The first-order chi connectivity index (χ1) is 6.79. The second kappa shape index (κ2) is 5.65. The zero-order chi connectivity index (χ0) is 9.97. The van der Waals surface area contributed by atoms with Crippen molar-refractivity contribution in [3.8, 4) is 0 Å². The molecule has 1 N–H and O–H groups in total. The van der Waals surface area contributed by atoms with Crippen molar-refractivity contribution >= 4 is 41.3 Å². The van der Waals surface area contributed by atoms with E-state index < -0.39 is 0 Å². The standard InChI is InChI=1S/C8H10ClN3OS.ClH/c9-7-6(14-5-11-7)8(13)12-3-1-10-2-4-12;/h5,10H,1-4H2;1H. The minimum atomic E-state index is -0.000926. The molecule has 2 heterocycles. The number of hydrogen-bond donors (Lipinski definition) is 1. The fourth-order valence-corrected chi connectivity index (χ4v) is 2.35. The van der Waals surface area contributed by atoms with Gasteiger partial charge in [0, 0.05) is 26.2 Å². The van der Waals surface area contributed by atoms with Gasteiger partial charge in [-0.2, -0.15) is 0 Å². The van der Waals surface area contributed by atoms with Gasteiger partial charge in [-0.05, 0) is 0 Å². The molecule has 84 valence electrons. The Balaban J connectivity index is 0.00000112. The summed E-state index contributed by atoms with van der Waals surface area (Å²) < 4.78 is 0. The number of halogens is 2. The van der Waals surface area contributed by atoms with Gasteiger partial charge in [0.2, 0.25) is 0 Å². The van der Waals surface area contributed by atoms with Gasteiger partial charge in [-0.3, -0.25) is 4.79 Å². The van der Waals surface area contributed by atoms with Crippen molar-refractivity contribution in [2.45, 2.75) is 0 Å². The molecule has 2 rings (SSSR count). The van der Waals surface area contributed by atoms with Crippen LogP contribution < -0.4 is 5.32 Å². The first-order valence-electron chi connectivity index (χ1n) is 4.38. The smallest absolute Gasteiger partial charge is 0.267 e. The molecule has 7 heteroatoms.